The molecule has 1 aromatic rings. The fourth-order valence-corrected chi connectivity index (χ4v) is 2.87. The highest BCUT2D eigenvalue weighted by Gasteiger charge is 2.32. The molecule has 0 saturated heterocycles. The molecule has 0 bridgehead atoms. The van der Waals surface area contributed by atoms with Crippen molar-refractivity contribution in [2.45, 2.75) is 72.0 Å². The van der Waals surface area contributed by atoms with E-state index in [1.165, 1.54) is 0 Å². The van der Waals surface area contributed by atoms with Gasteiger partial charge in [0.25, 0.3) is 0 Å². The van der Waals surface area contributed by atoms with Gasteiger partial charge in [0.15, 0.2) is 5.78 Å². The second kappa shape index (κ2) is 10.4. The van der Waals surface area contributed by atoms with Crippen molar-refractivity contribution in [2.24, 2.45) is 11.1 Å². The van der Waals surface area contributed by atoms with Gasteiger partial charge in [0.05, 0.1) is 12.1 Å². The molecule has 5 nitrogen and oxygen atoms in total. The number of benzene rings is 1. The van der Waals surface area contributed by atoms with Crippen LogP contribution in [0.4, 0.5) is 0 Å². The molecular weight excluding hydrogens is 326 g/mol. The van der Waals surface area contributed by atoms with E-state index in [-0.39, 0.29) is 23.8 Å². The number of hydrogen-bond donors (Lipinski definition) is 3. The lowest BCUT2D eigenvalue weighted by Crippen LogP contribution is -2.54. The molecule has 26 heavy (non-hydrogen) atoms. The Kier molecular flexibility index (Phi) is 8.96. The van der Waals surface area contributed by atoms with Crippen LogP contribution in [0.2, 0.25) is 0 Å². The van der Waals surface area contributed by atoms with Crippen LogP contribution in [0.5, 0.6) is 0 Å². The zero-order valence-electron chi connectivity index (χ0n) is 16.8. The van der Waals surface area contributed by atoms with Crippen molar-refractivity contribution in [1.82, 2.24) is 10.6 Å². The maximum absolute atomic E-state index is 12.9. The number of ketones is 1. The molecule has 0 radical (unpaired) electrons. The van der Waals surface area contributed by atoms with Crippen LogP contribution in [0.3, 0.4) is 0 Å². The maximum atomic E-state index is 12.9. The molecule has 0 aromatic heterocycles. The Morgan fingerprint density at radius 2 is 1.69 bits per heavy atom. The number of carbonyl (C=O) groups is 2. The van der Waals surface area contributed by atoms with Crippen molar-refractivity contribution >= 4 is 11.7 Å². The van der Waals surface area contributed by atoms with Crippen molar-refractivity contribution in [1.29, 1.82) is 0 Å². The van der Waals surface area contributed by atoms with Crippen molar-refractivity contribution in [3.8, 4) is 0 Å². The number of Topliss-reactive ketones (excluding diaryl/α,β-unsaturated/α-hetero) is 1. The molecule has 0 heterocycles. The van der Waals surface area contributed by atoms with Gasteiger partial charge in [-0.3, -0.25) is 9.59 Å². The minimum Gasteiger partial charge on any atom is -0.345 e. The average Bonchev–Trinajstić information content (AvgIpc) is 2.57. The predicted octanol–water partition coefficient (Wildman–Crippen LogP) is 2.43. The summed E-state index contributed by atoms with van der Waals surface area (Å²) in [6.07, 6.45) is 1.85. The molecule has 146 valence electrons. The van der Waals surface area contributed by atoms with Gasteiger partial charge < -0.3 is 16.4 Å². The number of rotatable bonds is 10. The third-order valence-corrected chi connectivity index (χ3v) is 4.20. The molecular formula is C21H35N3O2. The lowest BCUT2D eigenvalue weighted by Gasteiger charge is -2.28. The van der Waals surface area contributed by atoms with Crippen LogP contribution in [0.15, 0.2) is 30.3 Å². The Bertz CT molecular complexity index is 564. The molecule has 1 aromatic carbocycles. The van der Waals surface area contributed by atoms with Gasteiger partial charge in [0.2, 0.25) is 5.91 Å². The zero-order chi connectivity index (χ0) is 19.7. The molecule has 1 amide bonds. The van der Waals surface area contributed by atoms with Crippen LogP contribution in [-0.4, -0.2) is 36.4 Å². The number of hydrogen-bond acceptors (Lipinski definition) is 4. The summed E-state index contributed by atoms with van der Waals surface area (Å²) in [6.45, 7) is 10.2. The Balaban J connectivity index is 2.90. The van der Waals surface area contributed by atoms with Crippen LogP contribution in [0, 0.1) is 5.41 Å². The van der Waals surface area contributed by atoms with E-state index in [0.29, 0.717) is 25.8 Å². The van der Waals surface area contributed by atoms with Crippen LogP contribution >= 0.6 is 0 Å². The lowest BCUT2D eigenvalue weighted by atomic mass is 9.84. The van der Waals surface area contributed by atoms with E-state index < -0.39 is 11.5 Å². The van der Waals surface area contributed by atoms with Gasteiger partial charge in [-0.1, -0.05) is 65.0 Å². The van der Waals surface area contributed by atoms with E-state index in [0.717, 1.165) is 5.56 Å². The van der Waals surface area contributed by atoms with Gasteiger partial charge in [-0.2, -0.15) is 0 Å². The van der Waals surface area contributed by atoms with E-state index >= 15 is 0 Å². The van der Waals surface area contributed by atoms with Gasteiger partial charge in [-0.25, -0.2) is 0 Å². The van der Waals surface area contributed by atoms with Crippen molar-refractivity contribution in [3.05, 3.63) is 35.9 Å². The number of carbonyl (C=O) groups excluding carboxylic acids is 2. The Morgan fingerprint density at radius 1 is 1.08 bits per heavy atom. The molecule has 2 atom stereocenters. The van der Waals surface area contributed by atoms with E-state index in [1.54, 1.807) is 0 Å². The summed E-state index contributed by atoms with van der Waals surface area (Å²) < 4.78 is 0. The van der Waals surface area contributed by atoms with E-state index in [4.69, 9.17) is 5.73 Å². The van der Waals surface area contributed by atoms with E-state index in [1.807, 2.05) is 65.0 Å². The van der Waals surface area contributed by atoms with Crippen LogP contribution in [0.25, 0.3) is 0 Å². The standard InChI is InChI=1S/C21H35N3O2/c1-15(2)23-18(14-16-10-7-6-8-11-16)20(26)24-17(12-9-13-22)19(25)21(3,4)5/h6-8,10-11,15,17-18,23H,9,12-14,22H2,1-5H3,(H,24,26). The summed E-state index contributed by atoms with van der Waals surface area (Å²) in [7, 11) is 0. The number of nitrogens with two attached hydrogens (primary N) is 1. The molecule has 0 aliphatic heterocycles. The van der Waals surface area contributed by atoms with Crippen LogP contribution in [0.1, 0.15) is 53.0 Å². The van der Waals surface area contributed by atoms with E-state index in [9.17, 15) is 9.59 Å². The van der Waals surface area contributed by atoms with E-state index in [2.05, 4.69) is 10.6 Å². The SMILES string of the molecule is CC(C)NC(Cc1ccccc1)C(=O)NC(CCCN)C(=O)C(C)(C)C. The summed E-state index contributed by atoms with van der Waals surface area (Å²) in [6, 6.07) is 9.18. The topological polar surface area (TPSA) is 84.2 Å². The third-order valence-electron chi connectivity index (χ3n) is 4.20. The van der Waals surface area contributed by atoms with Crippen molar-refractivity contribution < 1.29 is 9.59 Å². The molecule has 2 unspecified atom stereocenters. The first-order chi connectivity index (χ1) is 12.1. The molecule has 0 fully saturated rings. The molecule has 0 spiro atoms. The Morgan fingerprint density at radius 3 is 2.19 bits per heavy atom. The minimum absolute atomic E-state index is 0.0438. The monoisotopic (exact) mass is 361 g/mol. The summed E-state index contributed by atoms with van der Waals surface area (Å²) in [5, 5.41) is 6.30. The smallest absolute Gasteiger partial charge is 0.238 e. The highest BCUT2D eigenvalue weighted by molar-refractivity contribution is 5.93. The lowest BCUT2D eigenvalue weighted by molar-refractivity contribution is -0.133. The van der Waals surface area contributed by atoms with Gasteiger partial charge >= 0.3 is 0 Å². The van der Waals surface area contributed by atoms with Gasteiger partial charge in [0.1, 0.15) is 0 Å². The zero-order valence-corrected chi connectivity index (χ0v) is 16.8. The largest absolute Gasteiger partial charge is 0.345 e. The fourth-order valence-electron chi connectivity index (χ4n) is 2.87. The van der Waals surface area contributed by atoms with Gasteiger partial charge in [-0.05, 0) is 31.4 Å². The van der Waals surface area contributed by atoms with Gasteiger partial charge in [0, 0.05) is 11.5 Å². The second-order valence-electron chi connectivity index (χ2n) is 8.17. The summed E-state index contributed by atoms with van der Waals surface area (Å²) >= 11 is 0. The van der Waals surface area contributed by atoms with Crippen LogP contribution in [-0.2, 0) is 16.0 Å². The first-order valence-electron chi connectivity index (χ1n) is 9.50. The average molecular weight is 362 g/mol. The van der Waals surface area contributed by atoms with Crippen molar-refractivity contribution in [3.63, 3.8) is 0 Å². The number of nitrogens with one attached hydrogen (secondary N) is 2. The quantitative estimate of drug-likeness (QED) is 0.598. The van der Waals surface area contributed by atoms with Gasteiger partial charge in [-0.15, -0.1) is 0 Å². The molecule has 1 rings (SSSR count). The normalized spacial score (nSPS) is 14.1. The highest BCUT2D eigenvalue weighted by Crippen LogP contribution is 2.19. The Labute approximate surface area is 158 Å². The summed E-state index contributed by atoms with van der Waals surface area (Å²) in [4.78, 5) is 25.7. The molecule has 0 aliphatic rings. The maximum Gasteiger partial charge on any atom is 0.238 e. The molecule has 0 aliphatic carbocycles. The molecule has 0 saturated carbocycles. The fraction of sp³-hybridized carbons (Fsp3) is 0.619. The van der Waals surface area contributed by atoms with Crippen molar-refractivity contribution in [2.75, 3.05) is 6.54 Å². The molecule has 5 heteroatoms. The Hall–Kier alpha value is -1.72. The number of amides is 1. The molecule has 4 N–H and O–H groups in total. The minimum atomic E-state index is -0.507. The summed E-state index contributed by atoms with van der Waals surface area (Å²) in [5.74, 6) is -0.0931. The first-order valence-corrected chi connectivity index (χ1v) is 9.50. The van der Waals surface area contributed by atoms with Crippen LogP contribution < -0.4 is 16.4 Å². The predicted molar refractivity (Wildman–Crippen MR) is 107 cm³/mol. The first kappa shape index (κ1) is 22.3. The summed E-state index contributed by atoms with van der Waals surface area (Å²) in [5.41, 5.74) is 6.19. The second-order valence-corrected chi connectivity index (χ2v) is 8.17. The highest BCUT2D eigenvalue weighted by atomic mass is 16.2. The third kappa shape index (κ3) is 7.67.